The van der Waals surface area contributed by atoms with Crippen molar-refractivity contribution in [2.24, 2.45) is 11.8 Å². The standard InChI is InChI=1S/C14H21ClN2O2S/c1-9-4-3-5-14(10(9)2)17-20(18,19)11-6-7-12(15)13(16)8-11/h6-10,14,17H,3-5,16H2,1-2H3. The summed E-state index contributed by atoms with van der Waals surface area (Å²) < 4.78 is 27.6. The van der Waals surface area contributed by atoms with Crippen LogP contribution in [-0.2, 0) is 10.0 Å². The van der Waals surface area contributed by atoms with Gasteiger partial charge in [-0.05, 0) is 36.5 Å². The van der Waals surface area contributed by atoms with Crippen LogP contribution in [-0.4, -0.2) is 14.5 Å². The van der Waals surface area contributed by atoms with Crippen LogP contribution in [0.4, 0.5) is 5.69 Å². The molecule has 0 saturated heterocycles. The number of hydrogen-bond donors (Lipinski definition) is 2. The largest absolute Gasteiger partial charge is 0.397 e. The molecule has 0 aliphatic heterocycles. The van der Waals surface area contributed by atoms with E-state index in [2.05, 4.69) is 18.6 Å². The molecule has 1 aromatic carbocycles. The van der Waals surface area contributed by atoms with Gasteiger partial charge in [0.2, 0.25) is 10.0 Å². The van der Waals surface area contributed by atoms with Crippen LogP contribution in [0.5, 0.6) is 0 Å². The van der Waals surface area contributed by atoms with Crippen molar-refractivity contribution < 1.29 is 8.42 Å². The lowest BCUT2D eigenvalue weighted by molar-refractivity contribution is 0.227. The number of benzene rings is 1. The molecule has 6 heteroatoms. The lowest BCUT2D eigenvalue weighted by atomic mass is 9.78. The molecule has 2 rings (SSSR count). The van der Waals surface area contributed by atoms with E-state index in [1.54, 1.807) is 0 Å². The molecule has 4 nitrogen and oxygen atoms in total. The number of hydrogen-bond acceptors (Lipinski definition) is 3. The second-order valence-electron chi connectivity index (χ2n) is 5.68. The molecule has 0 amide bonds. The van der Waals surface area contributed by atoms with Gasteiger partial charge < -0.3 is 5.73 Å². The fourth-order valence-corrected chi connectivity index (χ4v) is 4.22. The molecular weight excluding hydrogens is 296 g/mol. The summed E-state index contributed by atoms with van der Waals surface area (Å²) in [5, 5.41) is 0.364. The van der Waals surface area contributed by atoms with Gasteiger partial charge in [-0.25, -0.2) is 13.1 Å². The molecule has 20 heavy (non-hydrogen) atoms. The SMILES string of the molecule is CC1CCCC(NS(=O)(=O)c2ccc(Cl)c(N)c2)C1C. The third kappa shape index (κ3) is 3.27. The lowest BCUT2D eigenvalue weighted by Crippen LogP contribution is -2.43. The predicted molar refractivity (Wildman–Crippen MR) is 82.2 cm³/mol. The first-order chi connectivity index (χ1) is 9.31. The Morgan fingerprint density at radius 3 is 2.65 bits per heavy atom. The van der Waals surface area contributed by atoms with Crippen LogP contribution < -0.4 is 10.5 Å². The monoisotopic (exact) mass is 316 g/mol. The topological polar surface area (TPSA) is 72.2 Å². The molecule has 1 aliphatic carbocycles. The zero-order valence-electron chi connectivity index (χ0n) is 11.8. The first-order valence-electron chi connectivity index (χ1n) is 6.88. The zero-order chi connectivity index (χ0) is 14.9. The van der Waals surface area contributed by atoms with E-state index in [0.29, 0.717) is 16.9 Å². The summed E-state index contributed by atoms with van der Waals surface area (Å²) in [6.45, 7) is 4.28. The number of nitrogens with one attached hydrogen (secondary N) is 1. The summed E-state index contributed by atoms with van der Waals surface area (Å²) in [5.74, 6) is 0.870. The fraction of sp³-hybridized carbons (Fsp3) is 0.571. The zero-order valence-corrected chi connectivity index (χ0v) is 13.3. The highest BCUT2D eigenvalue weighted by atomic mass is 35.5. The number of nitrogens with two attached hydrogens (primary N) is 1. The van der Waals surface area contributed by atoms with E-state index in [4.69, 9.17) is 17.3 Å². The van der Waals surface area contributed by atoms with Crippen LogP contribution in [0.1, 0.15) is 33.1 Å². The second-order valence-corrected chi connectivity index (χ2v) is 7.80. The van der Waals surface area contributed by atoms with E-state index >= 15 is 0 Å². The highest BCUT2D eigenvalue weighted by Gasteiger charge is 2.30. The molecule has 3 atom stereocenters. The number of nitrogen functional groups attached to an aromatic ring is 1. The Kier molecular flexibility index (Phi) is 4.62. The number of sulfonamides is 1. The van der Waals surface area contributed by atoms with E-state index in [1.165, 1.54) is 18.2 Å². The van der Waals surface area contributed by atoms with Crippen LogP contribution in [0.15, 0.2) is 23.1 Å². The van der Waals surface area contributed by atoms with Gasteiger partial charge in [0, 0.05) is 6.04 Å². The summed E-state index contributed by atoms with van der Waals surface area (Å²) in [6, 6.07) is 4.39. The fourth-order valence-electron chi connectivity index (χ4n) is 2.70. The Morgan fingerprint density at radius 1 is 1.30 bits per heavy atom. The Balaban J connectivity index is 2.20. The van der Waals surface area contributed by atoms with Gasteiger partial charge in [0.05, 0.1) is 15.6 Å². The molecule has 0 aromatic heterocycles. The molecule has 1 saturated carbocycles. The summed E-state index contributed by atoms with van der Waals surface area (Å²) in [6.07, 6.45) is 3.10. The molecular formula is C14H21ClN2O2S. The average Bonchev–Trinajstić information content (AvgIpc) is 2.38. The van der Waals surface area contributed by atoms with Crippen LogP contribution in [0, 0.1) is 11.8 Å². The minimum atomic E-state index is -3.54. The van der Waals surface area contributed by atoms with Crippen LogP contribution in [0.2, 0.25) is 5.02 Å². The summed E-state index contributed by atoms with van der Waals surface area (Å²) in [5.41, 5.74) is 5.95. The third-order valence-corrected chi connectivity index (χ3v) is 6.12. The number of halogens is 1. The summed E-state index contributed by atoms with van der Waals surface area (Å²) in [4.78, 5) is 0.171. The highest BCUT2D eigenvalue weighted by Crippen LogP contribution is 2.31. The van der Waals surface area contributed by atoms with Crippen molar-refractivity contribution in [1.82, 2.24) is 4.72 Å². The van der Waals surface area contributed by atoms with E-state index in [0.717, 1.165) is 19.3 Å². The minimum absolute atomic E-state index is 0.0133. The third-order valence-electron chi connectivity index (χ3n) is 4.29. The van der Waals surface area contributed by atoms with Gasteiger partial charge in [-0.15, -0.1) is 0 Å². The normalized spacial score (nSPS) is 27.4. The van der Waals surface area contributed by atoms with Crippen molar-refractivity contribution in [3.63, 3.8) is 0 Å². The van der Waals surface area contributed by atoms with Gasteiger partial charge in [-0.1, -0.05) is 38.3 Å². The molecule has 3 N–H and O–H groups in total. The summed E-state index contributed by atoms with van der Waals surface area (Å²) in [7, 11) is -3.54. The maximum Gasteiger partial charge on any atom is 0.240 e. The molecule has 1 aromatic rings. The molecule has 112 valence electrons. The Bertz CT molecular complexity index is 589. The van der Waals surface area contributed by atoms with Gasteiger partial charge >= 0.3 is 0 Å². The van der Waals surface area contributed by atoms with Crippen molar-refractivity contribution in [3.05, 3.63) is 23.2 Å². The average molecular weight is 317 g/mol. The highest BCUT2D eigenvalue weighted by molar-refractivity contribution is 7.89. The van der Waals surface area contributed by atoms with E-state index < -0.39 is 10.0 Å². The van der Waals surface area contributed by atoms with E-state index in [1.807, 2.05) is 0 Å². The lowest BCUT2D eigenvalue weighted by Gasteiger charge is -2.34. The van der Waals surface area contributed by atoms with Crippen molar-refractivity contribution in [1.29, 1.82) is 0 Å². The Labute approximate surface area is 125 Å². The van der Waals surface area contributed by atoms with Gasteiger partial charge in [-0.2, -0.15) is 0 Å². The van der Waals surface area contributed by atoms with Crippen molar-refractivity contribution in [3.8, 4) is 0 Å². The maximum absolute atomic E-state index is 12.4. The second kappa shape index (κ2) is 5.92. The maximum atomic E-state index is 12.4. The Hall–Kier alpha value is -0.780. The van der Waals surface area contributed by atoms with Crippen molar-refractivity contribution in [2.45, 2.75) is 44.0 Å². The van der Waals surface area contributed by atoms with Gasteiger partial charge in [0.25, 0.3) is 0 Å². The van der Waals surface area contributed by atoms with Crippen molar-refractivity contribution in [2.75, 3.05) is 5.73 Å². The van der Waals surface area contributed by atoms with Crippen LogP contribution >= 0.6 is 11.6 Å². The molecule has 1 aliphatic rings. The van der Waals surface area contributed by atoms with Crippen LogP contribution in [0.3, 0.4) is 0 Å². The first kappa shape index (κ1) is 15.6. The molecule has 0 spiro atoms. The number of rotatable bonds is 3. The quantitative estimate of drug-likeness (QED) is 0.842. The van der Waals surface area contributed by atoms with E-state index in [9.17, 15) is 8.42 Å². The van der Waals surface area contributed by atoms with E-state index in [-0.39, 0.29) is 16.6 Å². The summed E-state index contributed by atoms with van der Waals surface area (Å²) >= 11 is 5.82. The molecule has 0 radical (unpaired) electrons. The molecule has 0 heterocycles. The van der Waals surface area contributed by atoms with Crippen molar-refractivity contribution >= 4 is 27.3 Å². The molecule has 3 unspecified atom stereocenters. The minimum Gasteiger partial charge on any atom is -0.397 e. The predicted octanol–water partition coefficient (Wildman–Crippen LogP) is 3.03. The van der Waals surface area contributed by atoms with Gasteiger partial charge in [-0.3, -0.25) is 0 Å². The molecule has 0 bridgehead atoms. The number of anilines is 1. The van der Waals surface area contributed by atoms with Gasteiger partial charge in [0.15, 0.2) is 0 Å². The molecule has 1 fully saturated rings. The first-order valence-corrected chi connectivity index (χ1v) is 8.74. The smallest absolute Gasteiger partial charge is 0.240 e. The van der Waals surface area contributed by atoms with Gasteiger partial charge in [0.1, 0.15) is 0 Å². The van der Waals surface area contributed by atoms with Crippen LogP contribution in [0.25, 0.3) is 0 Å². The Morgan fingerprint density at radius 2 is 2.00 bits per heavy atom.